The second kappa shape index (κ2) is 10.6. The average Bonchev–Trinajstić information content (AvgIpc) is 3.70. The van der Waals surface area contributed by atoms with Crippen LogP contribution in [0, 0.1) is 11.8 Å². The number of hydrogen-bond donors (Lipinski definition) is 1. The summed E-state index contributed by atoms with van der Waals surface area (Å²) in [6.07, 6.45) is 4.67. The highest BCUT2D eigenvalue weighted by atomic mass is 16.7. The lowest BCUT2D eigenvalue weighted by Crippen LogP contribution is -2.40. The molecule has 1 N–H and O–H groups in total. The summed E-state index contributed by atoms with van der Waals surface area (Å²) in [6, 6.07) is 5.47. The molecule has 2 aromatic rings. The van der Waals surface area contributed by atoms with Gasteiger partial charge in [-0.2, -0.15) is 0 Å². The number of phenolic OH excluding ortho intramolecular Hbond substituents is 1. The number of hydrogen-bond acceptors (Lipinski definition) is 10. The predicted molar refractivity (Wildman–Crippen MR) is 146 cm³/mol. The SMILES string of the molecule is COc1cc(-c2c(C3OC(OC4CCC5(CC4)CN=CO5)C(C)C3C)cc3c(c2OC)OCO3)cc(OC)c1O. The van der Waals surface area contributed by atoms with Crippen LogP contribution in [0.15, 0.2) is 23.2 Å². The zero-order valence-electron chi connectivity index (χ0n) is 23.6. The van der Waals surface area contributed by atoms with Crippen molar-refractivity contribution < 1.29 is 43.0 Å². The zero-order valence-corrected chi connectivity index (χ0v) is 23.6. The van der Waals surface area contributed by atoms with Gasteiger partial charge in [-0.3, -0.25) is 4.99 Å². The van der Waals surface area contributed by atoms with Crippen LogP contribution < -0.4 is 23.7 Å². The summed E-state index contributed by atoms with van der Waals surface area (Å²) in [4.78, 5) is 4.28. The molecule has 6 rings (SSSR count). The van der Waals surface area contributed by atoms with Gasteiger partial charge in [0.15, 0.2) is 35.7 Å². The van der Waals surface area contributed by atoms with Gasteiger partial charge in [-0.05, 0) is 60.9 Å². The van der Waals surface area contributed by atoms with Crippen LogP contribution in [0.1, 0.15) is 51.2 Å². The van der Waals surface area contributed by atoms with E-state index in [-0.39, 0.29) is 60.0 Å². The summed E-state index contributed by atoms with van der Waals surface area (Å²) in [7, 11) is 4.60. The van der Waals surface area contributed by atoms with E-state index in [0.29, 0.717) is 17.2 Å². The fourth-order valence-electron chi connectivity index (χ4n) is 6.32. The minimum Gasteiger partial charge on any atom is -0.502 e. The van der Waals surface area contributed by atoms with Crippen molar-refractivity contribution in [3.63, 3.8) is 0 Å². The third kappa shape index (κ3) is 4.47. The van der Waals surface area contributed by atoms with Crippen LogP contribution in [-0.2, 0) is 14.2 Å². The van der Waals surface area contributed by atoms with Crippen LogP contribution in [0.25, 0.3) is 11.1 Å². The van der Waals surface area contributed by atoms with Crippen LogP contribution in [0.5, 0.6) is 34.5 Å². The van der Waals surface area contributed by atoms with Crippen LogP contribution in [0.3, 0.4) is 0 Å². The molecule has 216 valence electrons. The number of benzene rings is 2. The number of aliphatic imine (C=N–C) groups is 1. The molecule has 4 aliphatic rings. The lowest BCUT2D eigenvalue weighted by molar-refractivity contribution is -0.188. The molecule has 4 atom stereocenters. The monoisotopic (exact) mass is 555 g/mol. The van der Waals surface area contributed by atoms with Crippen molar-refractivity contribution >= 4 is 6.40 Å². The molecule has 10 heteroatoms. The first-order chi connectivity index (χ1) is 19.4. The molecule has 10 nitrogen and oxygen atoms in total. The molecule has 0 radical (unpaired) electrons. The number of methoxy groups -OCH3 is 3. The molecule has 0 amide bonds. The smallest absolute Gasteiger partial charge is 0.231 e. The highest BCUT2D eigenvalue weighted by Gasteiger charge is 2.46. The molecule has 1 saturated heterocycles. The van der Waals surface area contributed by atoms with E-state index >= 15 is 0 Å². The van der Waals surface area contributed by atoms with Crippen molar-refractivity contribution in [3.8, 4) is 45.6 Å². The zero-order chi connectivity index (χ0) is 28.0. The highest BCUT2D eigenvalue weighted by Crippen LogP contribution is 2.56. The first kappa shape index (κ1) is 26.8. The Morgan fingerprint density at radius 1 is 0.950 bits per heavy atom. The van der Waals surface area contributed by atoms with Crippen molar-refractivity contribution in [2.45, 2.75) is 63.6 Å². The first-order valence-electron chi connectivity index (χ1n) is 13.8. The standard InChI is InChI=1S/C30H37NO9/c1-16-17(2)29(39-19-6-8-30(9-7-19)13-31-14-38-30)40-26(16)20-12-23-27(37-15-36-23)28(35-5)24(20)18-10-21(33-3)25(32)22(11-18)34-4/h10-12,14,16-17,19,26,29,32H,6-9,13,15H2,1-5H3. The molecule has 1 spiro atoms. The molecule has 0 bridgehead atoms. The summed E-state index contributed by atoms with van der Waals surface area (Å²) in [5.41, 5.74) is 2.20. The molecule has 3 heterocycles. The summed E-state index contributed by atoms with van der Waals surface area (Å²) >= 11 is 0. The maximum atomic E-state index is 10.6. The van der Waals surface area contributed by atoms with Gasteiger partial charge in [0.25, 0.3) is 0 Å². The Hall–Kier alpha value is -3.37. The van der Waals surface area contributed by atoms with Crippen LogP contribution in [0.4, 0.5) is 0 Å². The lowest BCUT2D eigenvalue weighted by Gasteiger charge is -2.36. The van der Waals surface area contributed by atoms with Gasteiger partial charge >= 0.3 is 0 Å². The van der Waals surface area contributed by atoms with Gasteiger partial charge in [-0.15, -0.1) is 0 Å². The number of nitrogens with zero attached hydrogens (tertiary/aromatic N) is 1. The second-order valence-corrected chi connectivity index (χ2v) is 11.1. The largest absolute Gasteiger partial charge is 0.502 e. The Balaban J connectivity index is 1.34. The molecule has 2 fully saturated rings. The van der Waals surface area contributed by atoms with Gasteiger partial charge in [-0.1, -0.05) is 13.8 Å². The van der Waals surface area contributed by atoms with Crippen LogP contribution in [-0.4, -0.2) is 64.2 Å². The quantitative estimate of drug-likeness (QED) is 0.491. The molecule has 2 aromatic carbocycles. The second-order valence-electron chi connectivity index (χ2n) is 11.1. The summed E-state index contributed by atoms with van der Waals surface area (Å²) in [5, 5.41) is 10.6. The third-order valence-corrected chi connectivity index (χ3v) is 8.87. The fraction of sp³-hybridized carbons (Fsp3) is 0.567. The van der Waals surface area contributed by atoms with E-state index in [1.54, 1.807) is 25.6 Å². The van der Waals surface area contributed by atoms with Crippen molar-refractivity contribution in [1.29, 1.82) is 0 Å². The minimum absolute atomic E-state index is 0.0774. The van der Waals surface area contributed by atoms with E-state index in [1.165, 1.54) is 14.2 Å². The summed E-state index contributed by atoms with van der Waals surface area (Å²) < 4.78 is 47.6. The van der Waals surface area contributed by atoms with Crippen molar-refractivity contribution in [2.24, 2.45) is 16.8 Å². The molecule has 4 unspecified atom stereocenters. The van der Waals surface area contributed by atoms with E-state index in [1.807, 2.05) is 6.07 Å². The Morgan fingerprint density at radius 2 is 1.68 bits per heavy atom. The topological polar surface area (TPSA) is 106 Å². The maximum Gasteiger partial charge on any atom is 0.231 e. The Bertz CT molecular complexity index is 1250. The van der Waals surface area contributed by atoms with Gasteiger partial charge in [0, 0.05) is 11.5 Å². The molecule has 40 heavy (non-hydrogen) atoms. The number of fused-ring (bicyclic) bond motifs is 1. The fourth-order valence-corrected chi connectivity index (χ4v) is 6.32. The van der Waals surface area contributed by atoms with Crippen molar-refractivity contribution in [3.05, 3.63) is 23.8 Å². The molecular weight excluding hydrogens is 518 g/mol. The Morgan fingerprint density at radius 3 is 2.30 bits per heavy atom. The van der Waals surface area contributed by atoms with E-state index in [9.17, 15) is 5.11 Å². The first-order valence-corrected chi connectivity index (χ1v) is 13.8. The highest BCUT2D eigenvalue weighted by molar-refractivity contribution is 5.83. The number of rotatable bonds is 7. The van der Waals surface area contributed by atoms with Crippen LogP contribution in [0.2, 0.25) is 0 Å². The average molecular weight is 556 g/mol. The normalized spacial score (nSPS) is 30.5. The van der Waals surface area contributed by atoms with Gasteiger partial charge in [0.05, 0.1) is 40.1 Å². The molecular formula is C30H37NO9. The molecule has 1 saturated carbocycles. The van der Waals surface area contributed by atoms with E-state index in [2.05, 4.69) is 18.8 Å². The van der Waals surface area contributed by atoms with E-state index in [4.69, 9.17) is 37.9 Å². The Labute approximate surface area is 234 Å². The van der Waals surface area contributed by atoms with E-state index in [0.717, 1.165) is 48.9 Å². The predicted octanol–water partition coefficient (Wildman–Crippen LogP) is 5.24. The number of ether oxygens (including phenoxy) is 8. The summed E-state index contributed by atoms with van der Waals surface area (Å²) in [6.45, 7) is 5.18. The van der Waals surface area contributed by atoms with Crippen molar-refractivity contribution in [2.75, 3.05) is 34.7 Å². The molecule has 1 aliphatic carbocycles. The minimum atomic E-state index is -0.368. The third-order valence-electron chi connectivity index (χ3n) is 8.87. The van der Waals surface area contributed by atoms with Crippen LogP contribution >= 0.6 is 0 Å². The maximum absolute atomic E-state index is 10.6. The van der Waals surface area contributed by atoms with Gasteiger partial charge in [0.2, 0.25) is 18.3 Å². The number of phenols is 1. The molecule has 0 aromatic heterocycles. The van der Waals surface area contributed by atoms with Crippen molar-refractivity contribution in [1.82, 2.24) is 0 Å². The lowest BCUT2D eigenvalue weighted by atomic mass is 9.83. The summed E-state index contributed by atoms with van der Waals surface area (Å²) in [5.74, 6) is 2.38. The molecule has 3 aliphatic heterocycles. The van der Waals surface area contributed by atoms with Gasteiger partial charge < -0.3 is 43.0 Å². The Kier molecular flexibility index (Phi) is 7.08. The van der Waals surface area contributed by atoms with Gasteiger partial charge in [0.1, 0.15) is 5.60 Å². The number of aromatic hydroxyl groups is 1. The van der Waals surface area contributed by atoms with Gasteiger partial charge in [-0.25, -0.2) is 0 Å². The van der Waals surface area contributed by atoms with E-state index < -0.39 is 0 Å².